The first-order valence-electron chi connectivity index (χ1n) is 7.67. The van der Waals surface area contributed by atoms with Crippen molar-refractivity contribution in [2.45, 2.75) is 19.3 Å². The molecule has 2 aromatic rings. The molecule has 114 valence electrons. The molecule has 1 aromatic carbocycles. The Labute approximate surface area is 130 Å². The summed E-state index contributed by atoms with van der Waals surface area (Å²) in [6, 6.07) is 11.6. The van der Waals surface area contributed by atoms with Gasteiger partial charge in [-0.1, -0.05) is 18.2 Å². The van der Waals surface area contributed by atoms with E-state index >= 15 is 0 Å². The third-order valence-electron chi connectivity index (χ3n) is 3.95. The van der Waals surface area contributed by atoms with Gasteiger partial charge in [0.15, 0.2) is 0 Å². The summed E-state index contributed by atoms with van der Waals surface area (Å²) >= 11 is 0. The molecule has 1 aromatic heterocycles. The summed E-state index contributed by atoms with van der Waals surface area (Å²) in [5.41, 5.74) is 1.46. The van der Waals surface area contributed by atoms with Gasteiger partial charge in [-0.25, -0.2) is 9.97 Å². The molecule has 3 rings (SSSR count). The quantitative estimate of drug-likeness (QED) is 0.874. The first kappa shape index (κ1) is 14.5. The van der Waals surface area contributed by atoms with Crippen molar-refractivity contribution in [2.75, 3.05) is 25.0 Å². The lowest BCUT2D eigenvalue weighted by Gasteiger charge is -2.26. The van der Waals surface area contributed by atoms with E-state index in [1.807, 2.05) is 47.2 Å². The van der Waals surface area contributed by atoms with Gasteiger partial charge < -0.3 is 9.80 Å². The molecule has 1 aliphatic heterocycles. The van der Waals surface area contributed by atoms with Gasteiger partial charge in [0.1, 0.15) is 5.69 Å². The minimum Gasteiger partial charge on any atom is -0.337 e. The highest BCUT2D eigenvalue weighted by Crippen LogP contribution is 2.20. The minimum atomic E-state index is 0.00446. The van der Waals surface area contributed by atoms with E-state index < -0.39 is 0 Å². The molecule has 1 fully saturated rings. The standard InChI is InChI=1S/C17H20N4O/c1-20(14-8-4-2-5-9-14)17-18-11-10-15(19-17)16(22)21-12-6-3-7-13-21/h2,4-5,8-11H,3,6-7,12-13H2,1H3. The molecule has 0 N–H and O–H groups in total. The molecular formula is C17H20N4O. The number of carbonyl (C=O) groups is 1. The number of hydrogen-bond acceptors (Lipinski definition) is 4. The first-order valence-corrected chi connectivity index (χ1v) is 7.67. The van der Waals surface area contributed by atoms with E-state index in [2.05, 4.69) is 9.97 Å². The van der Waals surface area contributed by atoms with Crippen molar-refractivity contribution in [3.63, 3.8) is 0 Å². The SMILES string of the molecule is CN(c1ccccc1)c1nccc(C(=O)N2CCCCC2)n1. The van der Waals surface area contributed by atoms with Crippen LogP contribution in [0.4, 0.5) is 11.6 Å². The Hall–Kier alpha value is -2.43. The molecule has 0 radical (unpaired) electrons. The van der Waals surface area contributed by atoms with Crippen LogP contribution < -0.4 is 4.90 Å². The van der Waals surface area contributed by atoms with Gasteiger partial charge in [0.2, 0.25) is 5.95 Å². The summed E-state index contributed by atoms with van der Waals surface area (Å²) in [4.78, 5) is 25.0. The average molecular weight is 296 g/mol. The van der Waals surface area contributed by atoms with Gasteiger partial charge >= 0.3 is 0 Å². The van der Waals surface area contributed by atoms with Crippen LogP contribution in [0.15, 0.2) is 42.6 Å². The van der Waals surface area contributed by atoms with Crippen LogP contribution in [0.3, 0.4) is 0 Å². The maximum absolute atomic E-state index is 12.5. The number of carbonyl (C=O) groups excluding carboxylic acids is 1. The van der Waals surface area contributed by atoms with Crippen LogP contribution in [0.5, 0.6) is 0 Å². The summed E-state index contributed by atoms with van der Waals surface area (Å²) in [7, 11) is 1.90. The van der Waals surface area contributed by atoms with Gasteiger partial charge in [-0.2, -0.15) is 0 Å². The second-order valence-corrected chi connectivity index (χ2v) is 5.49. The number of likely N-dealkylation sites (tertiary alicyclic amines) is 1. The van der Waals surface area contributed by atoms with Gasteiger partial charge in [0, 0.05) is 32.0 Å². The lowest BCUT2D eigenvalue weighted by Crippen LogP contribution is -2.36. The normalized spacial score (nSPS) is 14.7. The molecule has 0 atom stereocenters. The molecule has 0 bridgehead atoms. The molecule has 1 amide bonds. The van der Waals surface area contributed by atoms with Crippen LogP contribution >= 0.6 is 0 Å². The molecule has 5 nitrogen and oxygen atoms in total. The van der Waals surface area contributed by atoms with E-state index in [4.69, 9.17) is 0 Å². The number of rotatable bonds is 3. The summed E-state index contributed by atoms with van der Waals surface area (Å²) in [5.74, 6) is 0.541. The first-order chi connectivity index (χ1) is 10.8. The van der Waals surface area contributed by atoms with Crippen LogP contribution in [0.2, 0.25) is 0 Å². The van der Waals surface area contributed by atoms with E-state index in [0.29, 0.717) is 11.6 Å². The Morgan fingerprint density at radius 3 is 2.55 bits per heavy atom. The second-order valence-electron chi connectivity index (χ2n) is 5.49. The Kier molecular flexibility index (Phi) is 4.32. The predicted molar refractivity (Wildman–Crippen MR) is 86.3 cm³/mol. The number of aromatic nitrogens is 2. The fourth-order valence-electron chi connectivity index (χ4n) is 2.66. The summed E-state index contributed by atoms with van der Waals surface area (Å²) in [6.45, 7) is 1.65. The lowest BCUT2D eigenvalue weighted by atomic mass is 10.1. The Balaban J connectivity index is 1.81. The largest absolute Gasteiger partial charge is 0.337 e. The Morgan fingerprint density at radius 2 is 1.82 bits per heavy atom. The number of amides is 1. The number of nitrogens with zero attached hydrogens (tertiary/aromatic N) is 4. The topological polar surface area (TPSA) is 49.3 Å². The third-order valence-corrected chi connectivity index (χ3v) is 3.95. The van der Waals surface area contributed by atoms with E-state index in [9.17, 15) is 4.79 Å². The smallest absolute Gasteiger partial charge is 0.272 e. The van der Waals surface area contributed by atoms with E-state index in [-0.39, 0.29) is 5.91 Å². The average Bonchev–Trinajstić information content (AvgIpc) is 2.62. The van der Waals surface area contributed by atoms with Crippen molar-refractivity contribution in [3.05, 3.63) is 48.3 Å². The summed E-state index contributed by atoms with van der Waals surface area (Å²) < 4.78 is 0. The monoisotopic (exact) mass is 296 g/mol. The molecule has 0 spiro atoms. The number of piperidine rings is 1. The molecule has 1 saturated heterocycles. The lowest BCUT2D eigenvalue weighted by molar-refractivity contribution is 0.0718. The fourth-order valence-corrected chi connectivity index (χ4v) is 2.66. The molecule has 5 heteroatoms. The van der Waals surface area contributed by atoms with Crippen molar-refractivity contribution in [2.24, 2.45) is 0 Å². The highest BCUT2D eigenvalue weighted by Gasteiger charge is 2.20. The van der Waals surface area contributed by atoms with Gasteiger partial charge in [-0.05, 0) is 37.5 Å². The molecular weight excluding hydrogens is 276 g/mol. The van der Waals surface area contributed by atoms with Crippen LogP contribution in [0.25, 0.3) is 0 Å². The zero-order chi connectivity index (χ0) is 15.4. The van der Waals surface area contributed by atoms with Gasteiger partial charge in [0.25, 0.3) is 5.91 Å². The van der Waals surface area contributed by atoms with Crippen molar-refractivity contribution in [3.8, 4) is 0 Å². The highest BCUT2D eigenvalue weighted by molar-refractivity contribution is 5.92. The van der Waals surface area contributed by atoms with Crippen molar-refractivity contribution in [1.29, 1.82) is 0 Å². The Morgan fingerprint density at radius 1 is 1.09 bits per heavy atom. The molecule has 2 heterocycles. The summed E-state index contributed by atoms with van der Waals surface area (Å²) in [5, 5.41) is 0. The maximum atomic E-state index is 12.5. The summed E-state index contributed by atoms with van der Waals surface area (Å²) in [6.07, 6.45) is 5.01. The molecule has 22 heavy (non-hydrogen) atoms. The van der Waals surface area contributed by atoms with Crippen molar-refractivity contribution < 1.29 is 4.79 Å². The van der Waals surface area contributed by atoms with Crippen LogP contribution in [-0.4, -0.2) is 40.9 Å². The van der Waals surface area contributed by atoms with E-state index in [0.717, 1.165) is 31.6 Å². The number of hydrogen-bond donors (Lipinski definition) is 0. The molecule has 0 saturated carbocycles. The Bertz CT molecular complexity index is 638. The predicted octanol–water partition coefficient (Wildman–Crippen LogP) is 2.87. The van der Waals surface area contributed by atoms with Gasteiger partial charge in [-0.15, -0.1) is 0 Å². The van der Waals surface area contributed by atoms with E-state index in [1.165, 1.54) is 6.42 Å². The van der Waals surface area contributed by atoms with Crippen LogP contribution in [-0.2, 0) is 0 Å². The number of benzene rings is 1. The maximum Gasteiger partial charge on any atom is 0.272 e. The third kappa shape index (κ3) is 3.08. The fraction of sp³-hybridized carbons (Fsp3) is 0.353. The van der Waals surface area contributed by atoms with Crippen LogP contribution in [0, 0.1) is 0 Å². The van der Waals surface area contributed by atoms with Crippen molar-refractivity contribution in [1.82, 2.24) is 14.9 Å². The number of anilines is 2. The van der Waals surface area contributed by atoms with Crippen molar-refractivity contribution >= 4 is 17.5 Å². The minimum absolute atomic E-state index is 0.00446. The molecule has 0 unspecified atom stereocenters. The number of para-hydroxylation sites is 1. The highest BCUT2D eigenvalue weighted by atomic mass is 16.2. The zero-order valence-corrected chi connectivity index (χ0v) is 12.8. The van der Waals surface area contributed by atoms with Gasteiger partial charge in [0.05, 0.1) is 0 Å². The van der Waals surface area contributed by atoms with Crippen LogP contribution in [0.1, 0.15) is 29.8 Å². The molecule has 1 aliphatic rings. The molecule has 0 aliphatic carbocycles. The van der Waals surface area contributed by atoms with Gasteiger partial charge in [-0.3, -0.25) is 4.79 Å². The zero-order valence-electron chi connectivity index (χ0n) is 12.8. The van der Waals surface area contributed by atoms with E-state index in [1.54, 1.807) is 12.3 Å². The second kappa shape index (κ2) is 6.56.